The first-order valence-corrected chi connectivity index (χ1v) is 10.4. The summed E-state index contributed by atoms with van der Waals surface area (Å²) in [5, 5.41) is 13.3. The summed E-state index contributed by atoms with van der Waals surface area (Å²) >= 11 is 0. The summed E-state index contributed by atoms with van der Waals surface area (Å²) in [4.78, 5) is 34.9. The monoisotopic (exact) mass is 403 g/mol. The van der Waals surface area contributed by atoms with E-state index in [0.29, 0.717) is 43.6 Å². The molecular weight excluding hydrogens is 374 g/mol. The molecule has 29 heavy (non-hydrogen) atoms. The van der Waals surface area contributed by atoms with E-state index in [0.717, 1.165) is 25.7 Å². The highest BCUT2D eigenvalue weighted by Crippen LogP contribution is 2.18. The van der Waals surface area contributed by atoms with E-state index in [1.54, 1.807) is 4.90 Å². The second-order valence-corrected chi connectivity index (χ2v) is 7.38. The normalized spacial score (nSPS) is 16.7. The Labute approximate surface area is 169 Å². The van der Waals surface area contributed by atoms with E-state index in [1.807, 2.05) is 0 Å². The quantitative estimate of drug-likeness (QED) is 0.578. The van der Waals surface area contributed by atoms with Crippen molar-refractivity contribution in [2.75, 3.05) is 19.6 Å². The number of aromatic amines is 1. The Morgan fingerprint density at radius 1 is 1.34 bits per heavy atom. The molecule has 0 aliphatic carbocycles. The second-order valence-electron chi connectivity index (χ2n) is 7.38. The Morgan fingerprint density at radius 2 is 2.24 bits per heavy atom. The number of aryl methyl sites for hydroxylation is 1. The second kappa shape index (κ2) is 10.7. The summed E-state index contributed by atoms with van der Waals surface area (Å²) in [6, 6.07) is 0. The molecule has 158 valence electrons. The van der Waals surface area contributed by atoms with Gasteiger partial charge in [-0.05, 0) is 19.3 Å². The maximum absolute atomic E-state index is 12.6. The molecule has 0 spiro atoms. The lowest BCUT2D eigenvalue weighted by Crippen LogP contribution is -2.45. The molecule has 0 aromatic carbocycles. The van der Waals surface area contributed by atoms with Crippen LogP contribution in [-0.2, 0) is 16.0 Å². The molecule has 1 fully saturated rings. The lowest BCUT2D eigenvalue weighted by Gasteiger charge is -2.32. The number of aromatic nitrogens is 5. The fourth-order valence-electron chi connectivity index (χ4n) is 3.46. The van der Waals surface area contributed by atoms with Gasteiger partial charge in [-0.2, -0.15) is 10.1 Å². The molecule has 1 unspecified atom stereocenters. The molecule has 2 aromatic heterocycles. The van der Waals surface area contributed by atoms with Crippen LogP contribution in [0.5, 0.6) is 0 Å². The Kier molecular flexibility index (Phi) is 7.71. The van der Waals surface area contributed by atoms with Gasteiger partial charge in [0.1, 0.15) is 6.33 Å². The number of carbonyl (C=O) groups is 2. The number of H-pyrrole nitrogens is 1. The summed E-state index contributed by atoms with van der Waals surface area (Å²) in [6.45, 7) is 4.05. The molecule has 2 aromatic rings. The van der Waals surface area contributed by atoms with Gasteiger partial charge in [0.05, 0.1) is 5.92 Å². The molecule has 3 heterocycles. The minimum atomic E-state index is -0.125. The van der Waals surface area contributed by atoms with Gasteiger partial charge in [-0.15, -0.1) is 0 Å². The topological polar surface area (TPSA) is 130 Å². The zero-order chi connectivity index (χ0) is 20.5. The standard InChI is InChI=1S/C19H29N7O3/c1-2-3-4-5-10-20-19(28)14-7-6-11-26(12-14)16(27)9-8-15-23-18(25-29-15)17-21-13-22-24-17/h13-14H,2-12H2,1H3,(H,20,28)(H,21,22,24). The predicted molar refractivity (Wildman–Crippen MR) is 104 cm³/mol. The molecule has 0 radical (unpaired) electrons. The van der Waals surface area contributed by atoms with Gasteiger partial charge in [0.2, 0.25) is 23.5 Å². The van der Waals surface area contributed by atoms with Crippen LogP contribution in [0.1, 0.15) is 57.8 Å². The average molecular weight is 403 g/mol. The third-order valence-electron chi connectivity index (χ3n) is 5.12. The van der Waals surface area contributed by atoms with Crippen molar-refractivity contribution in [2.24, 2.45) is 5.92 Å². The Balaban J connectivity index is 1.41. The van der Waals surface area contributed by atoms with E-state index in [2.05, 4.69) is 37.6 Å². The number of likely N-dealkylation sites (tertiary alicyclic amines) is 1. The zero-order valence-corrected chi connectivity index (χ0v) is 16.9. The van der Waals surface area contributed by atoms with Crippen LogP contribution in [0.25, 0.3) is 11.6 Å². The first-order chi connectivity index (χ1) is 14.2. The Bertz CT molecular complexity index is 775. The zero-order valence-electron chi connectivity index (χ0n) is 16.9. The highest BCUT2D eigenvalue weighted by Gasteiger charge is 2.28. The van der Waals surface area contributed by atoms with Crippen molar-refractivity contribution in [2.45, 2.75) is 58.3 Å². The van der Waals surface area contributed by atoms with E-state index < -0.39 is 0 Å². The molecule has 1 atom stereocenters. The molecular formula is C19H29N7O3. The average Bonchev–Trinajstić information content (AvgIpc) is 3.43. The maximum atomic E-state index is 12.6. The minimum absolute atomic E-state index is 0.00450. The van der Waals surface area contributed by atoms with Gasteiger partial charge in [-0.1, -0.05) is 31.3 Å². The Morgan fingerprint density at radius 3 is 3.03 bits per heavy atom. The summed E-state index contributed by atoms with van der Waals surface area (Å²) in [5.41, 5.74) is 0. The molecule has 0 bridgehead atoms. The molecule has 10 nitrogen and oxygen atoms in total. The van der Waals surface area contributed by atoms with E-state index in [9.17, 15) is 9.59 Å². The van der Waals surface area contributed by atoms with E-state index in [1.165, 1.54) is 19.2 Å². The van der Waals surface area contributed by atoms with Crippen molar-refractivity contribution in [1.82, 2.24) is 35.5 Å². The third kappa shape index (κ3) is 6.10. The van der Waals surface area contributed by atoms with Crippen molar-refractivity contribution < 1.29 is 14.1 Å². The Hall–Kier alpha value is -2.78. The number of hydrogen-bond donors (Lipinski definition) is 2. The van der Waals surface area contributed by atoms with Gasteiger partial charge in [-0.3, -0.25) is 14.7 Å². The largest absolute Gasteiger partial charge is 0.356 e. The van der Waals surface area contributed by atoms with Gasteiger partial charge in [0, 0.05) is 32.5 Å². The van der Waals surface area contributed by atoms with Gasteiger partial charge >= 0.3 is 0 Å². The third-order valence-corrected chi connectivity index (χ3v) is 5.12. The molecule has 3 rings (SSSR count). The number of hydrogen-bond acceptors (Lipinski definition) is 7. The van der Waals surface area contributed by atoms with Crippen molar-refractivity contribution in [1.29, 1.82) is 0 Å². The van der Waals surface area contributed by atoms with Crippen LogP contribution in [-0.4, -0.2) is 61.7 Å². The highest BCUT2D eigenvalue weighted by molar-refractivity contribution is 5.81. The van der Waals surface area contributed by atoms with Crippen molar-refractivity contribution in [3.8, 4) is 11.6 Å². The van der Waals surface area contributed by atoms with Gasteiger partial charge in [-0.25, -0.2) is 4.98 Å². The first kappa shape index (κ1) is 20.9. The number of piperidine rings is 1. The molecule has 2 amide bonds. The number of rotatable bonds is 10. The van der Waals surface area contributed by atoms with Gasteiger partial charge in [0.15, 0.2) is 5.82 Å². The van der Waals surface area contributed by atoms with Crippen molar-refractivity contribution in [3.63, 3.8) is 0 Å². The number of nitrogens with one attached hydrogen (secondary N) is 2. The minimum Gasteiger partial charge on any atom is -0.356 e. The molecule has 10 heteroatoms. The van der Waals surface area contributed by atoms with Crippen LogP contribution in [0.2, 0.25) is 0 Å². The van der Waals surface area contributed by atoms with E-state index in [4.69, 9.17) is 4.52 Å². The summed E-state index contributed by atoms with van der Waals surface area (Å²) in [6.07, 6.45) is 8.18. The maximum Gasteiger partial charge on any atom is 0.239 e. The van der Waals surface area contributed by atoms with Crippen molar-refractivity contribution >= 4 is 11.8 Å². The number of unbranched alkanes of at least 4 members (excludes halogenated alkanes) is 3. The van der Waals surface area contributed by atoms with Crippen LogP contribution in [0, 0.1) is 5.92 Å². The summed E-state index contributed by atoms with van der Waals surface area (Å²) < 4.78 is 5.17. The van der Waals surface area contributed by atoms with Crippen molar-refractivity contribution in [3.05, 3.63) is 12.2 Å². The smallest absolute Gasteiger partial charge is 0.239 e. The molecule has 2 N–H and O–H groups in total. The van der Waals surface area contributed by atoms with Gasteiger partial charge < -0.3 is 14.7 Å². The van der Waals surface area contributed by atoms with Crippen LogP contribution < -0.4 is 5.32 Å². The molecule has 1 aliphatic heterocycles. The summed E-state index contributed by atoms with van der Waals surface area (Å²) in [7, 11) is 0. The van der Waals surface area contributed by atoms with E-state index in [-0.39, 0.29) is 24.2 Å². The SMILES string of the molecule is CCCCCCNC(=O)C1CCCN(C(=O)CCc2nc(-c3ncn[nH]3)no2)C1. The lowest BCUT2D eigenvalue weighted by molar-refractivity contribution is -0.135. The molecule has 1 aliphatic rings. The first-order valence-electron chi connectivity index (χ1n) is 10.4. The highest BCUT2D eigenvalue weighted by atomic mass is 16.5. The van der Waals surface area contributed by atoms with Crippen LogP contribution >= 0.6 is 0 Å². The van der Waals surface area contributed by atoms with Crippen LogP contribution in [0.3, 0.4) is 0 Å². The van der Waals surface area contributed by atoms with Crippen LogP contribution in [0.15, 0.2) is 10.9 Å². The van der Waals surface area contributed by atoms with E-state index >= 15 is 0 Å². The number of carbonyl (C=O) groups excluding carboxylic acids is 2. The predicted octanol–water partition coefficient (Wildman–Crippen LogP) is 1.72. The van der Waals surface area contributed by atoms with Crippen LogP contribution in [0.4, 0.5) is 0 Å². The molecule has 0 saturated carbocycles. The number of nitrogens with zero attached hydrogens (tertiary/aromatic N) is 5. The van der Waals surface area contributed by atoms with Gasteiger partial charge in [0.25, 0.3) is 0 Å². The fraction of sp³-hybridized carbons (Fsp3) is 0.684. The number of amides is 2. The molecule has 1 saturated heterocycles. The lowest BCUT2D eigenvalue weighted by atomic mass is 9.96. The summed E-state index contributed by atoms with van der Waals surface area (Å²) in [5.74, 6) is 1.06. The fourth-order valence-corrected chi connectivity index (χ4v) is 3.46.